The van der Waals surface area contributed by atoms with E-state index in [1.807, 2.05) is 0 Å². The molecule has 0 saturated heterocycles. The highest BCUT2D eigenvalue weighted by molar-refractivity contribution is 7.09. The topological polar surface area (TPSA) is 172 Å². The van der Waals surface area contributed by atoms with Crippen molar-refractivity contribution in [3.8, 4) is 17.2 Å². The molecule has 2 heterocycles. The van der Waals surface area contributed by atoms with E-state index in [9.17, 15) is 14.4 Å². The first kappa shape index (κ1) is 27.8. The third-order valence-electron chi connectivity index (χ3n) is 6.59. The second kappa shape index (κ2) is 12.1. The van der Waals surface area contributed by atoms with Crippen LogP contribution in [0, 0.1) is 0 Å². The van der Waals surface area contributed by atoms with Crippen LogP contribution < -0.4 is 31.0 Å². The number of hydrogen-bond donors (Lipinski definition) is 3. The highest BCUT2D eigenvalue weighted by Gasteiger charge is 2.37. The summed E-state index contributed by atoms with van der Waals surface area (Å²) in [5.41, 5.74) is 11.5. The summed E-state index contributed by atoms with van der Waals surface area (Å²) in [5.74, 6) is -0.523. The predicted molar refractivity (Wildman–Crippen MR) is 143 cm³/mol. The van der Waals surface area contributed by atoms with Crippen LogP contribution in [-0.4, -0.2) is 54.4 Å². The van der Waals surface area contributed by atoms with Crippen molar-refractivity contribution in [2.75, 3.05) is 27.1 Å². The van der Waals surface area contributed by atoms with E-state index in [0.29, 0.717) is 28.6 Å². The van der Waals surface area contributed by atoms with E-state index in [1.54, 1.807) is 24.3 Å². The van der Waals surface area contributed by atoms with E-state index in [-0.39, 0.29) is 28.8 Å². The number of nitrogens with two attached hydrogens (primary N) is 2. The highest BCUT2D eigenvalue weighted by atomic mass is 32.1. The van der Waals surface area contributed by atoms with E-state index >= 15 is 0 Å². The molecule has 13 heteroatoms. The minimum absolute atomic E-state index is 0.0264. The first-order chi connectivity index (χ1) is 18.8. The Morgan fingerprint density at radius 2 is 1.82 bits per heavy atom. The van der Waals surface area contributed by atoms with Crippen LogP contribution >= 0.6 is 11.5 Å². The van der Waals surface area contributed by atoms with Crippen LogP contribution in [0.25, 0.3) is 0 Å². The molecule has 1 atom stereocenters. The standard InChI is InChI=1S/C26H31N5O7S/c1-35-17-11-14(12-18(36-2)22(17)37-3)21(25(33)29-15-7-4-5-8-15)31(13-16-9-6-10-38-16)26(34)23-19(27)20(24(28)32)30-39-23/h6,9-12,15,21H,4-5,7-8,13,27H2,1-3H3,(H2,28,32)(H,29,33)/t21-/m0/s1. The Bertz CT molecular complexity index is 1310. The van der Waals surface area contributed by atoms with Crippen LogP contribution in [0.5, 0.6) is 17.2 Å². The lowest BCUT2D eigenvalue weighted by Crippen LogP contribution is -2.45. The number of ether oxygens (including phenoxy) is 3. The van der Waals surface area contributed by atoms with Crippen molar-refractivity contribution in [1.29, 1.82) is 0 Å². The maximum absolute atomic E-state index is 14.1. The Kier molecular flexibility index (Phi) is 8.59. The molecule has 1 aliphatic rings. The SMILES string of the molecule is COc1cc([C@@H](C(=O)NC2CCCC2)N(Cc2ccco2)C(=O)c2snc(C(N)=O)c2N)cc(OC)c1OC. The Morgan fingerprint density at radius 1 is 1.15 bits per heavy atom. The minimum Gasteiger partial charge on any atom is -0.493 e. The third-order valence-corrected chi connectivity index (χ3v) is 7.44. The molecule has 0 unspecified atom stereocenters. The van der Waals surface area contributed by atoms with Gasteiger partial charge in [0.2, 0.25) is 11.7 Å². The minimum atomic E-state index is -1.17. The summed E-state index contributed by atoms with van der Waals surface area (Å²) in [6.45, 7) is -0.0888. The zero-order chi connectivity index (χ0) is 28.1. The van der Waals surface area contributed by atoms with Gasteiger partial charge < -0.3 is 40.3 Å². The van der Waals surface area contributed by atoms with Gasteiger partial charge in [0.25, 0.3) is 11.8 Å². The molecular weight excluding hydrogens is 526 g/mol. The van der Waals surface area contributed by atoms with Gasteiger partial charge in [-0.3, -0.25) is 14.4 Å². The van der Waals surface area contributed by atoms with Gasteiger partial charge >= 0.3 is 0 Å². The molecular formula is C26H31N5O7S. The van der Waals surface area contributed by atoms with E-state index in [1.165, 1.54) is 32.5 Å². The van der Waals surface area contributed by atoms with Crippen LogP contribution in [0.2, 0.25) is 0 Å². The van der Waals surface area contributed by atoms with Crippen LogP contribution in [-0.2, 0) is 11.3 Å². The Labute approximate surface area is 229 Å². The van der Waals surface area contributed by atoms with Gasteiger partial charge in [-0.1, -0.05) is 12.8 Å². The number of furan rings is 1. The lowest BCUT2D eigenvalue weighted by molar-refractivity contribution is -0.126. The zero-order valence-corrected chi connectivity index (χ0v) is 22.7. The van der Waals surface area contributed by atoms with E-state index < -0.39 is 23.8 Å². The van der Waals surface area contributed by atoms with Crippen LogP contribution in [0.15, 0.2) is 34.9 Å². The molecule has 1 aromatic carbocycles. The molecule has 5 N–H and O–H groups in total. The number of carbonyl (C=O) groups excluding carboxylic acids is 3. The quantitative estimate of drug-likeness (QED) is 0.320. The fourth-order valence-electron chi connectivity index (χ4n) is 4.69. The van der Waals surface area contributed by atoms with Crippen molar-refractivity contribution in [3.05, 3.63) is 52.4 Å². The van der Waals surface area contributed by atoms with Crippen LogP contribution in [0.3, 0.4) is 0 Å². The van der Waals surface area contributed by atoms with Crippen molar-refractivity contribution >= 4 is 34.9 Å². The smallest absolute Gasteiger partial charge is 0.270 e. The van der Waals surface area contributed by atoms with E-state index in [0.717, 1.165) is 37.2 Å². The summed E-state index contributed by atoms with van der Waals surface area (Å²) in [6.07, 6.45) is 5.15. The van der Waals surface area contributed by atoms with Gasteiger partial charge in [0.1, 0.15) is 16.7 Å². The van der Waals surface area contributed by atoms with E-state index in [4.69, 9.17) is 30.1 Å². The molecule has 1 fully saturated rings. The summed E-state index contributed by atoms with van der Waals surface area (Å²) in [6, 6.07) is 5.40. The molecule has 12 nitrogen and oxygen atoms in total. The van der Waals surface area contributed by atoms with Gasteiger partial charge in [-0.2, -0.15) is 4.37 Å². The lowest BCUT2D eigenvalue weighted by atomic mass is 10.0. The number of nitrogens with zero attached hydrogens (tertiary/aromatic N) is 2. The number of amides is 3. The average molecular weight is 558 g/mol. The number of primary amides is 1. The molecule has 4 rings (SSSR count). The van der Waals surface area contributed by atoms with Crippen molar-refractivity contribution in [1.82, 2.24) is 14.6 Å². The summed E-state index contributed by atoms with van der Waals surface area (Å²) in [7, 11) is 4.40. The van der Waals surface area contributed by atoms with Gasteiger partial charge in [-0.25, -0.2) is 0 Å². The third kappa shape index (κ3) is 5.77. The number of methoxy groups -OCH3 is 3. The van der Waals surface area contributed by atoms with Crippen molar-refractivity contribution in [3.63, 3.8) is 0 Å². The average Bonchev–Trinajstić information content (AvgIpc) is 3.70. The Morgan fingerprint density at radius 3 is 2.33 bits per heavy atom. The second-order valence-corrected chi connectivity index (χ2v) is 9.78. The highest BCUT2D eigenvalue weighted by Crippen LogP contribution is 2.42. The molecule has 39 heavy (non-hydrogen) atoms. The molecule has 1 saturated carbocycles. The molecule has 3 amide bonds. The van der Waals surface area contributed by atoms with Crippen molar-refractivity contribution < 1.29 is 33.0 Å². The van der Waals surface area contributed by atoms with Gasteiger partial charge in [0.05, 0.1) is 39.8 Å². The largest absolute Gasteiger partial charge is 0.493 e. The molecule has 208 valence electrons. The van der Waals surface area contributed by atoms with Gasteiger partial charge in [-0.05, 0) is 54.2 Å². The second-order valence-electron chi connectivity index (χ2n) is 9.00. The molecule has 0 aliphatic heterocycles. The number of hydrogen-bond acceptors (Lipinski definition) is 10. The van der Waals surface area contributed by atoms with Gasteiger partial charge in [-0.15, -0.1) is 0 Å². The first-order valence-corrected chi connectivity index (χ1v) is 13.0. The predicted octanol–water partition coefficient (Wildman–Crippen LogP) is 2.89. The number of nitrogen functional groups attached to an aromatic ring is 1. The number of carbonyl (C=O) groups is 3. The molecule has 1 aliphatic carbocycles. The summed E-state index contributed by atoms with van der Waals surface area (Å²) < 4.78 is 26.0. The number of anilines is 1. The van der Waals surface area contributed by atoms with Crippen molar-refractivity contribution in [2.24, 2.45) is 5.73 Å². The number of aromatic nitrogens is 1. The fraction of sp³-hybridized carbons (Fsp3) is 0.385. The molecule has 0 bridgehead atoms. The maximum Gasteiger partial charge on any atom is 0.270 e. The van der Waals surface area contributed by atoms with Gasteiger partial charge in [0.15, 0.2) is 17.2 Å². The van der Waals surface area contributed by atoms with Gasteiger partial charge in [0, 0.05) is 6.04 Å². The number of benzene rings is 1. The summed E-state index contributed by atoms with van der Waals surface area (Å²) in [4.78, 5) is 41.1. The fourth-order valence-corrected chi connectivity index (χ4v) is 5.45. The molecule has 0 radical (unpaired) electrons. The Balaban J connectivity index is 1.87. The Hall–Kier alpha value is -4.26. The summed E-state index contributed by atoms with van der Waals surface area (Å²) >= 11 is 0.733. The lowest BCUT2D eigenvalue weighted by Gasteiger charge is -2.32. The van der Waals surface area contributed by atoms with Crippen LogP contribution in [0.4, 0.5) is 5.69 Å². The molecule has 3 aromatic rings. The normalized spacial score (nSPS) is 14.0. The molecule has 2 aromatic heterocycles. The maximum atomic E-state index is 14.1. The number of rotatable bonds is 11. The zero-order valence-electron chi connectivity index (χ0n) is 21.9. The van der Waals surface area contributed by atoms with Crippen molar-refractivity contribution in [2.45, 2.75) is 44.3 Å². The molecule has 0 spiro atoms. The summed E-state index contributed by atoms with van der Waals surface area (Å²) in [5, 5.41) is 3.09. The monoisotopic (exact) mass is 557 g/mol. The first-order valence-electron chi connectivity index (χ1n) is 12.3. The van der Waals surface area contributed by atoms with E-state index in [2.05, 4.69) is 9.69 Å². The van der Waals surface area contributed by atoms with Crippen LogP contribution in [0.1, 0.15) is 63.2 Å². The number of nitrogens with one attached hydrogen (secondary N) is 1.